The summed E-state index contributed by atoms with van der Waals surface area (Å²) in [6, 6.07) is 31.8. The van der Waals surface area contributed by atoms with Crippen LogP contribution in [0.5, 0.6) is 0 Å². The van der Waals surface area contributed by atoms with Crippen molar-refractivity contribution in [2.24, 2.45) is 0 Å². The van der Waals surface area contributed by atoms with Gasteiger partial charge in [-0.05, 0) is 0 Å². The van der Waals surface area contributed by atoms with Gasteiger partial charge < -0.3 is 24.8 Å². The minimum Gasteiger partial charge on any atom is -1.00 e. The van der Waals surface area contributed by atoms with Crippen LogP contribution in [-0.4, -0.2) is 3.21 Å². The molecule has 4 heteroatoms. The van der Waals surface area contributed by atoms with E-state index in [-0.39, 0.29) is 35.6 Å². The molecule has 0 heterocycles. The number of hydrogen-bond acceptors (Lipinski definition) is 0. The molecule has 0 saturated carbocycles. The van der Waals surface area contributed by atoms with Crippen LogP contribution in [0.15, 0.2) is 109 Å². The van der Waals surface area contributed by atoms with Crippen LogP contribution in [0.25, 0.3) is 11.1 Å². The first kappa shape index (κ1) is 33.9. The number of hydrogen-bond donors (Lipinski definition) is 0. The number of allylic oxidation sites excluding steroid dienone is 4. The molecule has 0 nitrogen and oxygen atoms in total. The molecule has 0 aromatic heterocycles. The van der Waals surface area contributed by atoms with E-state index in [4.69, 9.17) is 11.6 Å². The van der Waals surface area contributed by atoms with Crippen molar-refractivity contribution in [2.45, 2.75) is 62.4 Å². The van der Waals surface area contributed by atoms with E-state index >= 15 is 0 Å². The number of halogens is 3. The minimum atomic E-state index is -2.76. The second-order valence-corrected chi connectivity index (χ2v) is 20.1. The fourth-order valence-electron chi connectivity index (χ4n) is 6.49. The van der Waals surface area contributed by atoms with Gasteiger partial charge in [0.1, 0.15) is 0 Å². The Morgan fingerprint density at radius 1 is 0.698 bits per heavy atom. The van der Waals surface area contributed by atoms with Gasteiger partial charge in [-0.15, -0.1) is 0 Å². The Morgan fingerprint density at radius 2 is 1.35 bits per heavy atom. The molecule has 2 aliphatic rings. The van der Waals surface area contributed by atoms with Crippen molar-refractivity contribution < 1.29 is 46.1 Å². The topological polar surface area (TPSA) is 0 Å². The quantitative estimate of drug-likeness (QED) is 0.266. The predicted octanol–water partition coefficient (Wildman–Crippen LogP) is 3.94. The summed E-state index contributed by atoms with van der Waals surface area (Å²) in [7, 11) is 0. The monoisotopic (exact) mass is 702 g/mol. The molecule has 2 aliphatic carbocycles. The van der Waals surface area contributed by atoms with E-state index in [1.54, 1.807) is 8.83 Å². The van der Waals surface area contributed by atoms with Crippen molar-refractivity contribution in [3.05, 3.63) is 148 Å². The Hall–Kier alpha value is -2.02. The third-order valence-corrected chi connectivity index (χ3v) is 16.8. The Kier molecular flexibility index (Phi) is 10.4. The third-order valence-electron chi connectivity index (χ3n) is 8.55. The first-order valence-electron chi connectivity index (χ1n) is 14.7. The average Bonchev–Trinajstić information content (AvgIpc) is 3.58. The summed E-state index contributed by atoms with van der Waals surface area (Å²) in [6.45, 7) is 14.1. The summed E-state index contributed by atoms with van der Waals surface area (Å²) in [6.07, 6.45) is 10.5. The van der Waals surface area contributed by atoms with Gasteiger partial charge in [-0.1, -0.05) is 0 Å². The predicted molar refractivity (Wildman–Crippen MR) is 175 cm³/mol. The minimum absolute atomic E-state index is 0. The molecule has 0 N–H and O–H groups in total. The molecule has 0 radical (unpaired) electrons. The molecule has 0 amide bonds. The molecule has 0 atom stereocenters. The van der Waals surface area contributed by atoms with E-state index in [0.29, 0.717) is 3.63 Å². The van der Waals surface area contributed by atoms with Crippen molar-refractivity contribution in [2.75, 3.05) is 0 Å². The van der Waals surface area contributed by atoms with E-state index in [9.17, 15) is 0 Å². The number of fused-ring (bicyclic) bond motifs is 3. The van der Waals surface area contributed by atoms with Crippen LogP contribution >= 0.6 is 11.6 Å². The van der Waals surface area contributed by atoms with Crippen molar-refractivity contribution >= 4 is 18.1 Å². The SMILES string of the molecule is CC(C)(C)c1ccc2c(c1)Cc1c-2ccc(C(C)(C)C)[c]1[Zr+2](=[C](c1ccccc1)c1cccc(Cl)c1)[CH]1C=CC=C1.[Cl-].[Cl-]. The van der Waals surface area contributed by atoms with Gasteiger partial charge in [0.2, 0.25) is 0 Å². The van der Waals surface area contributed by atoms with E-state index < -0.39 is 21.3 Å². The zero-order valence-electron chi connectivity index (χ0n) is 25.8. The molecule has 6 rings (SSSR count). The number of rotatable bonds is 4. The fourth-order valence-corrected chi connectivity index (χ4v) is 15.9. The Morgan fingerprint density at radius 3 is 1.98 bits per heavy atom. The van der Waals surface area contributed by atoms with Crippen molar-refractivity contribution in [3.63, 3.8) is 0 Å². The molecule has 4 aromatic rings. The Balaban J connectivity index is 0.00000212. The molecule has 0 fully saturated rings. The van der Waals surface area contributed by atoms with Crippen LogP contribution < -0.4 is 28.1 Å². The molecular formula is C39H39Cl3Zr. The molecule has 220 valence electrons. The zero-order chi connectivity index (χ0) is 28.9. The molecule has 0 bridgehead atoms. The first-order chi connectivity index (χ1) is 19.5. The van der Waals surface area contributed by atoms with Gasteiger partial charge in [-0.3, -0.25) is 0 Å². The van der Waals surface area contributed by atoms with Crippen molar-refractivity contribution in [1.82, 2.24) is 0 Å². The van der Waals surface area contributed by atoms with Crippen LogP contribution in [0.4, 0.5) is 0 Å². The largest absolute Gasteiger partial charge is 1.00 e. The van der Waals surface area contributed by atoms with E-state index in [2.05, 4.69) is 145 Å². The molecule has 0 unspecified atom stereocenters. The zero-order valence-corrected chi connectivity index (χ0v) is 30.5. The molecule has 0 aliphatic heterocycles. The summed E-state index contributed by atoms with van der Waals surface area (Å²) in [5.41, 5.74) is 11.6. The standard InChI is InChI=1S/C21H25.C13H9Cl.C5H5.2ClH.Zr/c1-20(2,3)16-7-9-18-14(12-16)11-15-13-17(21(4,5)6)8-10-19(15)18;14-13-8-4-7-12(10-13)9-11-5-2-1-3-6-11;1-2-4-5-3-1;;;/h7-10,12H,11H2,1-6H3;1-8,10H;1-5H;2*1H;/q;;;;;+2/p-2. The van der Waals surface area contributed by atoms with Gasteiger partial charge in [0.25, 0.3) is 0 Å². The Labute approximate surface area is 283 Å². The van der Waals surface area contributed by atoms with Gasteiger partial charge in [-0.2, -0.15) is 0 Å². The third kappa shape index (κ3) is 6.67. The summed E-state index contributed by atoms with van der Waals surface area (Å²) >= 11 is 3.92. The van der Waals surface area contributed by atoms with Crippen molar-refractivity contribution in [1.29, 1.82) is 0 Å². The van der Waals surface area contributed by atoms with Gasteiger partial charge in [0.05, 0.1) is 0 Å². The Bertz CT molecular complexity index is 1720. The summed E-state index contributed by atoms with van der Waals surface area (Å²) in [5.74, 6) is 0. The van der Waals surface area contributed by atoms with E-state index in [0.717, 1.165) is 11.4 Å². The van der Waals surface area contributed by atoms with Crippen molar-refractivity contribution in [3.8, 4) is 11.1 Å². The van der Waals surface area contributed by atoms with Gasteiger partial charge in [0.15, 0.2) is 0 Å². The van der Waals surface area contributed by atoms with Crippen LogP contribution in [0.3, 0.4) is 0 Å². The van der Waals surface area contributed by atoms with E-state index in [1.807, 2.05) is 6.07 Å². The van der Waals surface area contributed by atoms with Crippen LogP contribution in [0.1, 0.15) is 74.9 Å². The second-order valence-electron chi connectivity index (χ2n) is 13.5. The van der Waals surface area contributed by atoms with Crippen LogP contribution in [0, 0.1) is 0 Å². The summed E-state index contributed by atoms with van der Waals surface area (Å²) in [5, 5.41) is 0.799. The molecule has 43 heavy (non-hydrogen) atoms. The first-order valence-corrected chi connectivity index (χ1v) is 19.0. The van der Waals surface area contributed by atoms with Crippen LogP contribution in [0.2, 0.25) is 8.65 Å². The molecular weight excluding hydrogens is 666 g/mol. The maximum atomic E-state index is 6.68. The smallest absolute Gasteiger partial charge is 1.00 e. The summed E-state index contributed by atoms with van der Waals surface area (Å²) in [4.78, 5) is 0. The van der Waals surface area contributed by atoms with Gasteiger partial charge >= 0.3 is 261 Å². The normalized spacial score (nSPS) is 14.1. The van der Waals surface area contributed by atoms with Gasteiger partial charge in [0, 0.05) is 0 Å². The van der Waals surface area contributed by atoms with E-state index in [1.165, 1.54) is 42.2 Å². The molecule has 4 aromatic carbocycles. The van der Waals surface area contributed by atoms with Gasteiger partial charge in [-0.25, -0.2) is 0 Å². The van der Waals surface area contributed by atoms with Crippen LogP contribution in [-0.2, 0) is 38.5 Å². The number of benzene rings is 4. The summed E-state index contributed by atoms with van der Waals surface area (Å²) < 4.78 is 3.64. The maximum absolute atomic E-state index is 6.68. The fraction of sp³-hybridized carbons (Fsp3) is 0.256. The molecule has 0 saturated heterocycles. The second kappa shape index (κ2) is 13.1. The maximum Gasteiger partial charge on any atom is -1.00 e. The average molecular weight is 705 g/mol. The molecule has 0 spiro atoms.